The van der Waals surface area contributed by atoms with E-state index in [1.54, 1.807) is 7.11 Å². The normalized spacial score (nSPS) is 24.3. The minimum atomic E-state index is -2.38. The van der Waals surface area contributed by atoms with Crippen molar-refractivity contribution >= 4 is 47.3 Å². The van der Waals surface area contributed by atoms with Crippen molar-refractivity contribution in [2.24, 2.45) is 17.6 Å². The number of carbonyl (C=O) groups excluding carboxylic acids is 8. The van der Waals surface area contributed by atoms with Gasteiger partial charge in [-0.1, -0.05) is 90.7 Å². The predicted octanol–water partition coefficient (Wildman–Crippen LogP) is -0.994. The fourth-order valence-corrected chi connectivity index (χ4v) is 12.4. The number of hydrogen-bond donors (Lipinski definition) is 14. The number of aliphatic hydroxyl groups excluding tert-OH is 7. The third kappa shape index (κ3) is 33.9. The Bertz CT molecular complexity index is 2640. The van der Waals surface area contributed by atoms with E-state index in [2.05, 4.69) is 47.4 Å². The molecule has 104 heavy (non-hydrogen) atoms. The quantitative estimate of drug-likeness (QED) is 0.0348. The summed E-state index contributed by atoms with van der Waals surface area (Å²) in [6.07, 6.45) is -7.30. The molecule has 3 aliphatic heterocycles. The van der Waals surface area contributed by atoms with Gasteiger partial charge < -0.3 is 126 Å². The Morgan fingerprint density at radius 2 is 1.09 bits per heavy atom. The number of nitrogens with zero attached hydrogens (tertiary/aromatic N) is 2. The molecule has 0 bridgehead atoms. The molecule has 33 nitrogen and oxygen atoms in total. The van der Waals surface area contributed by atoms with Crippen LogP contribution < -0.4 is 32.3 Å². The van der Waals surface area contributed by atoms with Gasteiger partial charge in [-0.2, -0.15) is 0 Å². The lowest BCUT2D eigenvalue weighted by Gasteiger charge is -2.34. The number of hydrogen-bond acceptors (Lipinski definition) is 25. The zero-order valence-corrected chi connectivity index (χ0v) is 61.5. The van der Waals surface area contributed by atoms with Crippen molar-refractivity contribution in [3.63, 3.8) is 0 Å². The maximum absolute atomic E-state index is 14.9. The van der Waals surface area contributed by atoms with E-state index >= 15 is 0 Å². The topological polar surface area (TPSA) is 474 Å². The first-order valence-electron chi connectivity index (χ1n) is 37.0. The fourth-order valence-electron chi connectivity index (χ4n) is 12.4. The number of nitrogens with one attached hydrogen (secondary N) is 5. The first-order valence-corrected chi connectivity index (χ1v) is 37.0. The number of fused-ring (bicyclic) bond motifs is 2. The number of aromatic hydroxyl groups is 1. The molecule has 0 spiro atoms. The van der Waals surface area contributed by atoms with Gasteiger partial charge in [0, 0.05) is 52.7 Å². The van der Waals surface area contributed by atoms with Gasteiger partial charge in [0.05, 0.1) is 123 Å². The number of primary amides is 1. The molecule has 3 fully saturated rings. The lowest BCUT2D eigenvalue weighted by molar-refractivity contribution is -0.150. The van der Waals surface area contributed by atoms with Crippen LogP contribution in [0.15, 0.2) is 24.3 Å². The number of phenols is 1. The van der Waals surface area contributed by atoms with Crippen LogP contribution in [0.3, 0.4) is 0 Å². The summed E-state index contributed by atoms with van der Waals surface area (Å²) in [6.45, 7) is 13.0. The molecule has 3 heterocycles. The highest BCUT2D eigenvalue weighted by molar-refractivity contribution is 5.98. The first kappa shape index (κ1) is 90.5. The zero-order valence-electron chi connectivity index (χ0n) is 61.5. The van der Waals surface area contributed by atoms with E-state index in [0.717, 1.165) is 67.4 Å². The van der Waals surface area contributed by atoms with Crippen LogP contribution in [0.5, 0.6) is 5.75 Å². The Morgan fingerprint density at radius 1 is 0.577 bits per heavy atom. The van der Waals surface area contributed by atoms with E-state index in [0.29, 0.717) is 149 Å². The van der Waals surface area contributed by atoms with Crippen molar-refractivity contribution in [2.75, 3.05) is 126 Å². The molecular weight excluding hydrogens is 1360 g/mol. The molecule has 1 aromatic rings. The highest BCUT2D eigenvalue weighted by Gasteiger charge is 2.49. The van der Waals surface area contributed by atoms with Gasteiger partial charge in [0.1, 0.15) is 60.3 Å². The Balaban J connectivity index is 1.52. The summed E-state index contributed by atoms with van der Waals surface area (Å²) in [5.74, 6) is -8.32. The third-order valence-electron chi connectivity index (χ3n) is 18.4. The van der Waals surface area contributed by atoms with Crippen LogP contribution >= 0.6 is 0 Å². The molecule has 0 saturated carbocycles. The van der Waals surface area contributed by atoms with Gasteiger partial charge in [0.15, 0.2) is 6.23 Å². The molecule has 15 N–H and O–H groups in total. The summed E-state index contributed by atoms with van der Waals surface area (Å²) >= 11 is 0. The molecule has 8 unspecified atom stereocenters. The van der Waals surface area contributed by atoms with E-state index in [1.807, 2.05) is 0 Å². The van der Waals surface area contributed by atoms with E-state index < -0.39 is 165 Å². The predicted molar refractivity (Wildman–Crippen MR) is 375 cm³/mol. The summed E-state index contributed by atoms with van der Waals surface area (Å²) in [5.41, 5.74) is 5.35. The number of ether oxygens (including phenoxy) is 9. The molecule has 1 aromatic carbocycles. The van der Waals surface area contributed by atoms with Gasteiger partial charge in [0.25, 0.3) is 0 Å². The summed E-state index contributed by atoms with van der Waals surface area (Å²) in [5, 5.41) is 103. The molecule has 0 radical (unpaired) electrons. The van der Waals surface area contributed by atoms with Gasteiger partial charge in [-0.3, -0.25) is 38.4 Å². The summed E-state index contributed by atoms with van der Waals surface area (Å²) in [4.78, 5) is 116. The van der Waals surface area contributed by atoms with Gasteiger partial charge >= 0.3 is 0 Å². The van der Waals surface area contributed by atoms with E-state index in [9.17, 15) is 79.2 Å². The van der Waals surface area contributed by atoms with Crippen molar-refractivity contribution in [1.29, 1.82) is 0 Å². The zero-order chi connectivity index (χ0) is 76.3. The molecule has 16 atom stereocenters. The van der Waals surface area contributed by atoms with Crippen LogP contribution in [0.1, 0.15) is 155 Å². The van der Waals surface area contributed by atoms with Gasteiger partial charge in [-0.25, -0.2) is 0 Å². The molecule has 8 amide bonds. The average Bonchev–Trinajstić information content (AvgIpc) is 1.53. The molecule has 0 aromatic heterocycles. The number of amides is 8. The first-order chi connectivity index (χ1) is 49.9. The van der Waals surface area contributed by atoms with E-state index in [-0.39, 0.29) is 30.8 Å². The van der Waals surface area contributed by atoms with E-state index in [1.165, 1.54) is 18.6 Å². The molecule has 3 aliphatic rings. The summed E-state index contributed by atoms with van der Waals surface area (Å²) < 4.78 is 49.8. The maximum Gasteiger partial charge on any atom is 0.248 e. The van der Waals surface area contributed by atoms with Crippen molar-refractivity contribution in [3.05, 3.63) is 29.8 Å². The van der Waals surface area contributed by atoms with Crippen LogP contribution in [0.2, 0.25) is 0 Å². The Kier molecular flexibility index (Phi) is 44.8. The van der Waals surface area contributed by atoms with Crippen LogP contribution in [-0.2, 0) is 81.0 Å². The average molecular weight is 1490 g/mol. The highest BCUT2D eigenvalue weighted by Crippen LogP contribution is 2.27. The van der Waals surface area contributed by atoms with Crippen molar-refractivity contribution in [3.8, 4) is 5.75 Å². The number of aliphatic hydroxyl groups is 7. The minimum Gasteiger partial charge on any atom is -0.508 e. The number of nitrogens with two attached hydrogens (primary N) is 1. The molecule has 4 rings (SSSR count). The van der Waals surface area contributed by atoms with E-state index in [4.69, 9.17) is 48.4 Å². The molecule has 596 valence electrons. The lowest BCUT2D eigenvalue weighted by atomic mass is 9.91. The lowest BCUT2D eigenvalue weighted by Crippen LogP contribution is -2.64. The largest absolute Gasteiger partial charge is 0.508 e. The van der Waals surface area contributed by atoms with Gasteiger partial charge in [0.2, 0.25) is 47.3 Å². The molecule has 33 heteroatoms. The van der Waals surface area contributed by atoms with Crippen LogP contribution in [0, 0.1) is 11.8 Å². The monoisotopic (exact) mass is 1490 g/mol. The second-order valence-electron chi connectivity index (χ2n) is 27.1. The number of rotatable bonds is 49. The Labute approximate surface area is 610 Å². The number of methoxy groups -OCH3 is 1. The smallest absolute Gasteiger partial charge is 0.248 e. The maximum atomic E-state index is 14.9. The summed E-state index contributed by atoms with van der Waals surface area (Å²) in [7, 11) is 1.61. The van der Waals surface area contributed by atoms with Crippen molar-refractivity contribution < 1.29 is 122 Å². The van der Waals surface area contributed by atoms with Gasteiger partial charge in [-0.15, -0.1) is 0 Å². The summed E-state index contributed by atoms with van der Waals surface area (Å²) in [6, 6.07) is -7.30. The fraction of sp³-hybridized carbons (Fsp3) is 0.803. The van der Waals surface area contributed by atoms with Gasteiger partial charge in [-0.05, 0) is 68.6 Å². The highest BCUT2D eigenvalue weighted by atomic mass is 16.6. The van der Waals surface area contributed by atoms with Crippen LogP contribution in [0.4, 0.5) is 0 Å². The molecule has 0 aliphatic carbocycles. The number of phenolic OH excluding ortho intramolecular Hbond substituents is 1. The second kappa shape index (κ2) is 51.4. The number of unbranched alkanes of at least 4 members (excludes halogenated alkanes) is 8. The standard InChI is InChI=1S/C71H122N8O25/c1-6-46(2)41-47(3)17-13-9-7-8-10-14-18-58(87)73-52-43-56(85)69(104-26-16-12-11-15-25-97-29-30-99-33-34-101-37-38-103-40-39-102-36-35-100-32-31-98-28-27-96-5)77-68(93)62-54(83)23-24-78(62)71(95)60(55(84)44-57(72)86)75-67(92)61(64(89)63(88)49-19-21-50(81)22-20-49)76-66(91)53-42-51(82)45-79(53)70(94)59(48(4)80)74-65(52)90/h19-22,46-48,51-56,59-64,69,80-85,88-89H,6-18,23-45H2,1-5H3,(H2,72,86)(H,73,87)(H,74,90)(H,75,92)(H,76,91)(H,77,93)/t46?,47?,48-,51-,52+,53?,54+,55-,56-,59?,60?,61?,62?,63+,64+,69?/m1/s1. The molecule has 3 saturated heterocycles. The Hall–Kier alpha value is -5.86. The Morgan fingerprint density at radius 3 is 1.64 bits per heavy atom. The number of carbonyl (C=O) groups is 8. The van der Waals surface area contributed by atoms with Crippen molar-refractivity contribution in [2.45, 2.75) is 228 Å². The van der Waals surface area contributed by atoms with Crippen LogP contribution in [0.25, 0.3) is 0 Å². The SMILES string of the molecule is CCC(C)CC(C)CCCCCCCCC(=O)N[C@H]1C[C@@H](O)C(OCCCCCCOCCOCCOCCOCCOCCOCCOCCOC)NC(=O)C2[C@@H](O)CCN2C(=O)C([C@H](O)CC(N)=O)NC(=O)C([C@H](O)[C@@H](O)c2ccc(O)cc2)NC(=O)C2C[C@@H](O)CN2C(=O)C([C@@H](C)O)NC1=O. The van der Waals surface area contributed by atoms with Crippen LogP contribution in [-0.4, -0.2) is 303 Å². The minimum absolute atomic E-state index is 0.0722. The third-order valence-corrected chi connectivity index (χ3v) is 18.4. The van der Waals surface area contributed by atoms with Crippen molar-refractivity contribution in [1.82, 2.24) is 36.4 Å². The molecular formula is C71H122N8O25. The number of benzene rings is 1. The second-order valence-corrected chi connectivity index (χ2v) is 27.1.